The van der Waals surface area contributed by atoms with Gasteiger partial charge in [0.1, 0.15) is 0 Å². The molecule has 2 atom stereocenters. The van der Waals surface area contributed by atoms with E-state index in [9.17, 15) is 9.90 Å². The molecular weight excluding hydrogens is 216 g/mol. The molecule has 1 saturated carbocycles. The van der Waals surface area contributed by atoms with Gasteiger partial charge in [0.25, 0.3) is 0 Å². The Bertz CT molecular complexity index is 221. The second-order valence-corrected chi connectivity index (χ2v) is 4.89. The summed E-state index contributed by atoms with van der Waals surface area (Å²) < 4.78 is 0. The fraction of sp³-hybridized carbons (Fsp3) is 0.923. The molecule has 1 aliphatic carbocycles. The summed E-state index contributed by atoms with van der Waals surface area (Å²) >= 11 is 0. The van der Waals surface area contributed by atoms with Crippen molar-refractivity contribution in [3.8, 4) is 0 Å². The summed E-state index contributed by atoms with van der Waals surface area (Å²) in [5, 5.41) is 15.4. The number of amides is 1. The number of carbonyl (C=O) groups excluding carboxylic acids is 1. The Morgan fingerprint density at radius 1 is 1.29 bits per heavy atom. The molecule has 3 N–H and O–H groups in total. The zero-order valence-corrected chi connectivity index (χ0v) is 10.9. The molecule has 0 aromatic rings. The summed E-state index contributed by atoms with van der Waals surface area (Å²) in [6.07, 6.45) is 5.24. The van der Waals surface area contributed by atoms with Crippen LogP contribution >= 0.6 is 0 Å². The number of rotatable bonds is 7. The van der Waals surface area contributed by atoms with Crippen LogP contribution in [0.1, 0.15) is 39.0 Å². The molecule has 1 fully saturated rings. The van der Waals surface area contributed by atoms with E-state index in [-0.39, 0.29) is 12.5 Å². The quantitative estimate of drug-likeness (QED) is 0.581. The maximum absolute atomic E-state index is 11.5. The number of nitrogens with one attached hydrogen (secondary N) is 2. The molecule has 0 aromatic heterocycles. The Kier molecular flexibility index (Phi) is 7.21. The van der Waals surface area contributed by atoms with Crippen molar-refractivity contribution in [1.82, 2.24) is 10.6 Å². The van der Waals surface area contributed by atoms with Gasteiger partial charge in [-0.1, -0.05) is 19.8 Å². The van der Waals surface area contributed by atoms with E-state index in [2.05, 4.69) is 10.6 Å². The molecule has 0 bridgehead atoms. The van der Waals surface area contributed by atoms with Crippen LogP contribution in [0.3, 0.4) is 0 Å². The van der Waals surface area contributed by atoms with Crippen molar-refractivity contribution in [2.24, 2.45) is 11.8 Å². The monoisotopic (exact) mass is 242 g/mol. The minimum atomic E-state index is 0.119. The standard InChI is InChI=1S/C13H26N2O2/c1-2-14-8-7-13(17)15-9-11-5-3-4-6-12(11)10-16/h11-12,14,16H,2-10H2,1H3,(H,15,17). The van der Waals surface area contributed by atoms with E-state index in [1.165, 1.54) is 12.8 Å². The summed E-state index contributed by atoms with van der Waals surface area (Å²) in [5.74, 6) is 0.975. The molecule has 1 amide bonds. The van der Waals surface area contributed by atoms with Gasteiger partial charge in [0.05, 0.1) is 0 Å². The lowest BCUT2D eigenvalue weighted by molar-refractivity contribution is -0.121. The maximum atomic E-state index is 11.5. The van der Waals surface area contributed by atoms with Crippen LogP contribution in [0.15, 0.2) is 0 Å². The molecule has 0 spiro atoms. The molecule has 2 unspecified atom stereocenters. The molecule has 0 aromatic carbocycles. The van der Waals surface area contributed by atoms with Gasteiger partial charge in [-0.05, 0) is 31.2 Å². The van der Waals surface area contributed by atoms with Gasteiger partial charge in [0.2, 0.25) is 5.91 Å². The molecule has 4 nitrogen and oxygen atoms in total. The highest BCUT2D eigenvalue weighted by molar-refractivity contribution is 5.76. The van der Waals surface area contributed by atoms with Crippen molar-refractivity contribution in [1.29, 1.82) is 0 Å². The lowest BCUT2D eigenvalue weighted by Gasteiger charge is -2.30. The molecule has 1 rings (SSSR count). The molecule has 100 valence electrons. The Morgan fingerprint density at radius 3 is 2.65 bits per heavy atom. The number of carbonyl (C=O) groups is 1. The zero-order chi connectivity index (χ0) is 12.5. The van der Waals surface area contributed by atoms with E-state index >= 15 is 0 Å². The average Bonchev–Trinajstić information content (AvgIpc) is 2.37. The van der Waals surface area contributed by atoms with Gasteiger partial charge < -0.3 is 15.7 Å². The highest BCUT2D eigenvalue weighted by atomic mass is 16.3. The van der Waals surface area contributed by atoms with Crippen molar-refractivity contribution >= 4 is 5.91 Å². The molecule has 0 saturated heterocycles. The third-order valence-electron chi connectivity index (χ3n) is 3.64. The van der Waals surface area contributed by atoms with Crippen LogP contribution in [0.4, 0.5) is 0 Å². The summed E-state index contributed by atoms with van der Waals surface area (Å²) in [6, 6.07) is 0. The van der Waals surface area contributed by atoms with Crippen molar-refractivity contribution in [3.05, 3.63) is 0 Å². The lowest BCUT2D eigenvalue weighted by atomic mass is 9.79. The molecular formula is C13H26N2O2. The van der Waals surface area contributed by atoms with Gasteiger partial charge in [-0.25, -0.2) is 0 Å². The first-order valence-corrected chi connectivity index (χ1v) is 6.86. The van der Waals surface area contributed by atoms with Crippen LogP contribution in [0.25, 0.3) is 0 Å². The number of hydrogen-bond donors (Lipinski definition) is 3. The number of aliphatic hydroxyl groups excluding tert-OH is 1. The SMILES string of the molecule is CCNCCC(=O)NCC1CCCCC1CO. The van der Waals surface area contributed by atoms with E-state index in [4.69, 9.17) is 0 Å². The second-order valence-electron chi connectivity index (χ2n) is 4.89. The fourth-order valence-corrected chi connectivity index (χ4v) is 2.51. The Balaban J connectivity index is 2.17. The molecule has 0 radical (unpaired) electrons. The smallest absolute Gasteiger partial charge is 0.221 e. The molecule has 1 aliphatic rings. The Labute approximate surface area is 104 Å². The number of hydrogen-bond acceptors (Lipinski definition) is 3. The Hall–Kier alpha value is -0.610. The van der Waals surface area contributed by atoms with Crippen molar-refractivity contribution in [2.45, 2.75) is 39.0 Å². The van der Waals surface area contributed by atoms with E-state index in [0.717, 1.165) is 32.5 Å². The van der Waals surface area contributed by atoms with Crippen LogP contribution in [-0.2, 0) is 4.79 Å². The normalized spacial score (nSPS) is 24.6. The van der Waals surface area contributed by atoms with Crippen LogP contribution < -0.4 is 10.6 Å². The molecule has 17 heavy (non-hydrogen) atoms. The van der Waals surface area contributed by atoms with Crippen LogP contribution in [0, 0.1) is 11.8 Å². The van der Waals surface area contributed by atoms with Gasteiger partial charge in [0.15, 0.2) is 0 Å². The van der Waals surface area contributed by atoms with E-state index in [1.54, 1.807) is 0 Å². The van der Waals surface area contributed by atoms with Gasteiger partial charge in [0, 0.05) is 26.1 Å². The predicted molar refractivity (Wildman–Crippen MR) is 68.7 cm³/mol. The molecule has 0 heterocycles. The van der Waals surface area contributed by atoms with Crippen molar-refractivity contribution < 1.29 is 9.90 Å². The van der Waals surface area contributed by atoms with E-state index in [0.29, 0.717) is 18.3 Å². The van der Waals surface area contributed by atoms with Crippen molar-refractivity contribution in [3.63, 3.8) is 0 Å². The first-order valence-electron chi connectivity index (χ1n) is 6.86. The first-order chi connectivity index (χ1) is 8.27. The summed E-state index contributed by atoms with van der Waals surface area (Å²) in [4.78, 5) is 11.5. The molecule has 0 aliphatic heterocycles. The summed E-state index contributed by atoms with van der Waals surface area (Å²) in [7, 11) is 0. The topological polar surface area (TPSA) is 61.4 Å². The van der Waals surface area contributed by atoms with Crippen LogP contribution in [0.2, 0.25) is 0 Å². The van der Waals surface area contributed by atoms with Crippen LogP contribution in [0.5, 0.6) is 0 Å². The highest BCUT2D eigenvalue weighted by Gasteiger charge is 2.24. The van der Waals surface area contributed by atoms with Gasteiger partial charge in [-0.15, -0.1) is 0 Å². The summed E-state index contributed by atoms with van der Waals surface area (Å²) in [5.41, 5.74) is 0. The third-order valence-corrected chi connectivity index (χ3v) is 3.64. The minimum absolute atomic E-state index is 0.119. The van der Waals surface area contributed by atoms with Crippen molar-refractivity contribution in [2.75, 3.05) is 26.2 Å². The second kappa shape index (κ2) is 8.48. The maximum Gasteiger partial charge on any atom is 0.221 e. The fourth-order valence-electron chi connectivity index (χ4n) is 2.51. The largest absolute Gasteiger partial charge is 0.396 e. The predicted octanol–water partition coefficient (Wildman–Crippen LogP) is 0.901. The van der Waals surface area contributed by atoms with Gasteiger partial charge in [-0.2, -0.15) is 0 Å². The summed E-state index contributed by atoms with van der Waals surface area (Å²) in [6.45, 7) is 4.68. The van der Waals surface area contributed by atoms with E-state index < -0.39 is 0 Å². The lowest BCUT2D eigenvalue weighted by Crippen LogP contribution is -2.36. The highest BCUT2D eigenvalue weighted by Crippen LogP contribution is 2.28. The average molecular weight is 242 g/mol. The van der Waals surface area contributed by atoms with Gasteiger partial charge in [-0.3, -0.25) is 4.79 Å². The Morgan fingerprint density at radius 2 is 2.00 bits per heavy atom. The molecule has 4 heteroatoms. The van der Waals surface area contributed by atoms with E-state index in [1.807, 2.05) is 6.92 Å². The minimum Gasteiger partial charge on any atom is -0.396 e. The zero-order valence-electron chi connectivity index (χ0n) is 10.9. The first kappa shape index (κ1) is 14.5. The van der Waals surface area contributed by atoms with Crippen LogP contribution in [-0.4, -0.2) is 37.3 Å². The third kappa shape index (κ3) is 5.50. The van der Waals surface area contributed by atoms with Gasteiger partial charge >= 0.3 is 0 Å². The number of aliphatic hydroxyl groups is 1.